The maximum atomic E-state index is 8.50. The van der Waals surface area contributed by atoms with Crippen LogP contribution in [0.1, 0.15) is 20.3 Å². The average Bonchev–Trinajstić information content (AvgIpc) is 2.11. The van der Waals surface area contributed by atoms with E-state index in [4.69, 9.17) is 10.00 Å². The molecule has 70 valence electrons. The number of hydrogen-bond donors (Lipinski definition) is 0. The molecule has 0 saturated heterocycles. The van der Waals surface area contributed by atoms with Crippen molar-refractivity contribution >= 4 is 0 Å². The summed E-state index contributed by atoms with van der Waals surface area (Å²) in [5, 5.41) is 8.50. The Hall–Kier alpha value is -1.49. The standard InChI is InChI=1S/C11H15NO/c1-5-10(6-7-12)8-11(13-4)9(2)3/h5,8H,1,6H2,2-4H3/b10-8+. The van der Waals surface area contributed by atoms with Gasteiger partial charge in [0.25, 0.3) is 0 Å². The van der Waals surface area contributed by atoms with Gasteiger partial charge in [-0.15, -0.1) is 0 Å². The highest BCUT2D eigenvalue weighted by Gasteiger charge is 1.96. The Morgan fingerprint density at radius 2 is 2.15 bits per heavy atom. The van der Waals surface area contributed by atoms with Crippen LogP contribution < -0.4 is 0 Å². The van der Waals surface area contributed by atoms with Crippen LogP contribution in [0.2, 0.25) is 0 Å². The van der Waals surface area contributed by atoms with Gasteiger partial charge in [-0.1, -0.05) is 12.7 Å². The lowest BCUT2D eigenvalue weighted by Crippen LogP contribution is -1.87. The Labute approximate surface area is 79.8 Å². The van der Waals surface area contributed by atoms with Crippen molar-refractivity contribution < 1.29 is 4.74 Å². The molecule has 0 aliphatic rings. The fourth-order valence-corrected chi connectivity index (χ4v) is 0.849. The van der Waals surface area contributed by atoms with Gasteiger partial charge in [0.05, 0.1) is 19.6 Å². The molecular formula is C11H15NO. The summed E-state index contributed by atoms with van der Waals surface area (Å²) in [6, 6.07) is 2.07. The molecule has 0 spiro atoms. The van der Waals surface area contributed by atoms with Crippen molar-refractivity contribution in [2.75, 3.05) is 7.11 Å². The van der Waals surface area contributed by atoms with E-state index in [2.05, 4.69) is 12.6 Å². The van der Waals surface area contributed by atoms with Gasteiger partial charge in [0.15, 0.2) is 0 Å². The summed E-state index contributed by atoms with van der Waals surface area (Å²) in [6.07, 6.45) is 3.88. The first-order valence-corrected chi connectivity index (χ1v) is 4.07. The molecule has 0 aliphatic carbocycles. The third kappa shape index (κ3) is 4.17. The Morgan fingerprint density at radius 3 is 2.46 bits per heavy atom. The molecule has 2 nitrogen and oxygen atoms in total. The van der Waals surface area contributed by atoms with E-state index in [1.165, 1.54) is 0 Å². The van der Waals surface area contributed by atoms with Crippen molar-refractivity contribution in [1.29, 1.82) is 5.26 Å². The van der Waals surface area contributed by atoms with Crippen molar-refractivity contribution in [2.24, 2.45) is 0 Å². The fraction of sp³-hybridized carbons (Fsp3) is 0.364. The van der Waals surface area contributed by atoms with E-state index >= 15 is 0 Å². The highest BCUT2D eigenvalue weighted by atomic mass is 16.5. The van der Waals surface area contributed by atoms with Crippen molar-refractivity contribution in [1.82, 2.24) is 0 Å². The first-order chi connectivity index (χ1) is 6.15. The van der Waals surface area contributed by atoms with E-state index in [0.717, 1.165) is 16.9 Å². The maximum Gasteiger partial charge on any atom is 0.117 e. The van der Waals surface area contributed by atoms with Crippen LogP contribution in [0.4, 0.5) is 0 Å². The second-order valence-electron chi connectivity index (χ2n) is 2.83. The highest BCUT2D eigenvalue weighted by Crippen LogP contribution is 2.11. The van der Waals surface area contributed by atoms with E-state index in [0.29, 0.717) is 6.42 Å². The SMILES string of the molecule is C=C/C(=C\C(OC)=C(C)C)CC#N. The van der Waals surface area contributed by atoms with Gasteiger partial charge in [-0.3, -0.25) is 0 Å². The first kappa shape index (κ1) is 11.5. The van der Waals surface area contributed by atoms with E-state index in [-0.39, 0.29) is 0 Å². The summed E-state index contributed by atoms with van der Waals surface area (Å²) in [6.45, 7) is 7.55. The molecular weight excluding hydrogens is 162 g/mol. The van der Waals surface area contributed by atoms with Crippen LogP contribution in [0.5, 0.6) is 0 Å². The highest BCUT2D eigenvalue weighted by molar-refractivity contribution is 5.30. The zero-order chi connectivity index (χ0) is 10.3. The van der Waals surface area contributed by atoms with Crippen LogP contribution in [-0.4, -0.2) is 7.11 Å². The molecule has 0 amide bonds. The monoisotopic (exact) mass is 177 g/mol. The van der Waals surface area contributed by atoms with Gasteiger partial charge in [-0.05, 0) is 31.1 Å². The van der Waals surface area contributed by atoms with Crippen LogP contribution >= 0.6 is 0 Å². The summed E-state index contributed by atoms with van der Waals surface area (Å²) < 4.78 is 5.14. The summed E-state index contributed by atoms with van der Waals surface area (Å²) in [4.78, 5) is 0. The fourth-order valence-electron chi connectivity index (χ4n) is 0.849. The van der Waals surface area contributed by atoms with Crippen molar-refractivity contribution in [2.45, 2.75) is 20.3 Å². The Morgan fingerprint density at radius 1 is 1.54 bits per heavy atom. The summed E-state index contributed by atoms with van der Waals surface area (Å²) >= 11 is 0. The molecule has 13 heavy (non-hydrogen) atoms. The maximum absolute atomic E-state index is 8.50. The van der Waals surface area contributed by atoms with Crippen molar-refractivity contribution in [3.8, 4) is 6.07 Å². The van der Waals surface area contributed by atoms with Gasteiger partial charge in [0.2, 0.25) is 0 Å². The smallest absolute Gasteiger partial charge is 0.117 e. The molecule has 0 bridgehead atoms. The van der Waals surface area contributed by atoms with Crippen LogP contribution in [0.15, 0.2) is 35.6 Å². The molecule has 0 N–H and O–H groups in total. The molecule has 0 unspecified atom stereocenters. The Balaban J connectivity index is 4.78. The van der Waals surface area contributed by atoms with Crippen LogP contribution in [-0.2, 0) is 4.74 Å². The molecule has 0 aromatic carbocycles. The van der Waals surface area contributed by atoms with Crippen molar-refractivity contribution in [3.63, 3.8) is 0 Å². The average molecular weight is 177 g/mol. The van der Waals surface area contributed by atoms with Gasteiger partial charge < -0.3 is 4.74 Å². The van der Waals surface area contributed by atoms with E-state index < -0.39 is 0 Å². The van der Waals surface area contributed by atoms with Gasteiger partial charge in [0.1, 0.15) is 5.76 Å². The third-order valence-corrected chi connectivity index (χ3v) is 1.57. The minimum Gasteiger partial charge on any atom is -0.497 e. The number of nitrogens with zero attached hydrogens (tertiary/aromatic N) is 1. The Bertz CT molecular complexity index is 275. The summed E-state index contributed by atoms with van der Waals surface area (Å²) in [7, 11) is 1.62. The Kier molecular flexibility index (Phi) is 5.38. The van der Waals surface area contributed by atoms with Crippen LogP contribution in [0, 0.1) is 11.3 Å². The van der Waals surface area contributed by atoms with Crippen LogP contribution in [0.25, 0.3) is 0 Å². The van der Waals surface area contributed by atoms with Crippen LogP contribution in [0.3, 0.4) is 0 Å². The minimum atomic E-state index is 0.365. The van der Waals surface area contributed by atoms with E-state index in [1.54, 1.807) is 13.2 Å². The molecule has 0 aromatic heterocycles. The summed E-state index contributed by atoms with van der Waals surface area (Å²) in [5.74, 6) is 0.796. The predicted molar refractivity (Wildman–Crippen MR) is 53.9 cm³/mol. The summed E-state index contributed by atoms with van der Waals surface area (Å²) in [5.41, 5.74) is 1.96. The molecule has 2 heteroatoms. The lowest BCUT2D eigenvalue weighted by atomic mass is 10.1. The molecule has 0 saturated carbocycles. The molecule has 0 aromatic rings. The normalized spacial score (nSPS) is 10.2. The van der Waals surface area contributed by atoms with E-state index in [1.807, 2.05) is 19.9 Å². The predicted octanol–water partition coefficient (Wildman–Crippen LogP) is 2.95. The molecule has 0 heterocycles. The zero-order valence-electron chi connectivity index (χ0n) is 8.42. The second kappa shape index (κ2) is 6.07. The lowest BCUT2D eigenvalue weighted by Gasteiger charge is -2.04. The molecule has 0 aliphatic heterocycles. The van der Waals surface area contributed by atoms with Gasteiger partial charge >= 0.3 is 0 Å². The number of methoxy groups -OCH3 is 1. The number of allylic oxidation sites excluding steroid dienone is 4. The topological polar surface area (TPSA) is 33.0 Å². The molecule has 0 atom stereocenters. The van der Waals surface area contributed by atoms with Gasteiger partial charge in [-0.25, -0.2) is 0 Å². The zero-order valence-corrected chi connectivity index (χ0v) is 8.42. The number of nitriles is 1. The lowest BCUT2D eigenvalue weighted by molar-refractivity contribution is 0.302. The largest absolute Gasteiger partial charge is 0.497 e. The number of hydrogen-bond acceptors (Lipinski definition) is 2. The number of ether oxygens (including phenoxy) is 1. The first-order valence-electron chi connectivity index (χ1n) is 4.07. The molecule has 0 radical (unpaired) electrons. The second-order valence-corrected chi connectivity index (χ2v) is 2.83. The molecule has 0 rings (SSSR count). The van der Waals surface area contributed by atoms with Gasteiger partial charge in [-0.2, -0.15) is 5.26 Å². The van der Waals surface area contributed by atoms with Gasteiger partial charge in [0, 0.05) is 0 Å². The van der Waals surface area contributed by atoms with E-state index in [9.17, 15) is 0 Å². The third-order valence-electron chi connectivity index (χ3n) is 1.57. The van der Waals surface area contributed by atoms with Crippen molar-refractivity contribution in [3.05, 3.63) is 35.6 Å². The quantitative estimate of drug-likeness (QED) is 0.488. The molecule has 0 fully saturated rings. The number of rotatable bonds is 4. The minimum absolute atomic E-state index is 0.365.